The standard InChI is InChI=1S/C15H10Cl2F2N2/c16-5-4-14-20-13-3-1-2-12(17)15(13)21(14)11-7-9(18)6-10(19)8-11/h1-3,6-8H,4-5H2. The van der Waals surface area contributed by atoms with E-state index in [0.717, 1.165) is 6.07 Å². The molecule has 0 bridgehead atoms. The molecular formula is C15H10Cl2F2N2. The summed E-state index contributed by atoms with van der Waals surface area (Å²) in [5.74, 6) is -0.358. The van der Waals surface area contributed by atoms with Crippen LogP contribution in [-0.4, -0.2) is 15.4 Å². The molecule has 3 rings (SSSR count). The summed E-state index contributed by atoms with van der Waals surface area (Å²) in [6.45, 7) is 0. The zero-order valence-electron chi connectivity index (χ0n) is 10.8. The van der Waals surface area contributed by atoms with Crippen LogP contribution < -0.4 is 0 Å². The van der Waals surface area contributed by atoms with Gasteiger partial charge in [-0.05, 0) is 24.3 Å². The van der Waals surface area contributed by atoms with E-state index in [9.17, 15) is 8.78 Å². The maximum atomic E-state index is 13.5. The van der Waals surface area contributed by atoms with Crippen LogP contribution in [0.3, 0.4) is 0 Å². The van der Waals surface area contributed by atoms with E-state index in [0.29, 0.717) is 39.9 Å². The topological polar surface area (TPSA) is 17.8 Å². The number of benzene rings is 2. The number of rotatable bonds is 3. The predicted octanol–water partition coefficient (Wildman–Crippen LogP) is 4.74. The third-order valence-corrected chi connectivity index (χ3v) is 3.61. The van der Waals surface area contributed by atoms with Crippen LogP contribution in [0, 0.1) is 11.6 Å². The van der Waals surface area contributed by atoms with Gasteiger partial charge >= 0.3 is 0 Å². The molecule has 1 heterocycles. The van der Waals surface area contributed by atoms with Gasteiger partial charge in [0.2, 0.25) is 0 Å². The van der Waals surface area contributed by atoms with Gasteiger partial charge in [0.15, 0.2) is 0 Å². The third-order valence-electron chi connectivity index (χ3n) is 3.12. The number of imidazole rings is 1. The number of hydrogen-bond donors (Lipinski definition) is 0. The molecule has 0 spiro atoms. The maximum absolute atomic E-state index is 13.5. The lowest BCUT2D eigenvalue weighted by atomic mass is 10.2. The molecule has 0 saturated heterocycles. The molecule has 0 aliphatic heterocycles. The summed E-state index contributed by atoms with van der Waals surface area (Å²) < 4.78 is 28.7. The molecule has 108 valence electrons. The lowest BCUT2D eigenvalue weighted by Gasteiger charge is -2.10. The van der Waals surface area contributed by atoms with Crippen LogP contribution >= 0.6 is 23.2 Å². The van der Waals surface area contributed by atoms with Gasteiger partial charge in [-0.15, -0.1) is 11.6 Å². The van der Waals surface area contributed by atoms with Gasteiger partial charge in [-0.3, -0.25) is 4.57 Å². The molecule has 0 fully saturated rings. The first-order chi connectivity index (χ1) is 10.1. The quantitative estimate of drug-likeness (QED) is 0.636. The van der Waals surface area contributed by atoms with Crippen LogP contribution in [0.5, 0.6) is 0 Å². The summed E-state index contributed by atoms with van der Waals surface area (Å²) in [4.78, 5) is 4.45. The van der Waals surface area contributed by atoms with E-state index in [1.54, 1.807) is 22.8 Å². The van der Waals surface area contributed by atoms with Gasteiger partial charge in [0.1, 0.15) is 17.5 Å². The first-order valence-corrected chi connectivity index (χ1v) is 7.19. The van der Waals surface area contributed by atoms with E-state index in [2.05, 4.69) is 4.98 Å². The van der Waals surface area contributed by atoms with E-state index in [1.165, 1.54) is 12.1 Å². The van der Waals surface area contributed by atoms with E-state index in [-0.39, 0.29) is 0 Å². The van der Waals surface area contributed by atoms with Crippen molar-refractivity contribution in [3.8, 4) is 5.69 Å². The summed E-state index contributed by atoms with van der Waals surface area (Å²) in [6, 6.07) is 8.59. The van der Waals surface area contributed by atoms with Crippen molar-refractivity contribution in [3.63, 3.8) is 0 Å². The molecule has 2 nitrogen and oxygen atoms in total. The second-order valence-electron chi connectivity index (χ2n) is 4.54. The molecule has 0 unspecified atom stereocenters. The van der Waals surface area contributed by atoms with E-state index >= 15 is 0 Å². The Balaban J connectivity index is 2.35. The zero-order valence-corrected chi connectivity index (χ0v) is 12.3. The van der Waals surface area contributed by atoms with Gasteiger partial charge in [0.05, 0.1) is 21.7 Å². The maximum Gasteiger partial charge on any atom is 0.128 e. The van der Waals surface area contributed by atoms with Gasteiger partial charge in [-0.1, -0.05) is 17.7 Å². The van der Waals surface area contributed by atoms with Crippen LogP contribution in [0.4, 0.5) is 8.78 Å². The number of para-hydroxylation sites is 1. The van der Waals surface area contributed by atoms with Gasteiger partial charge in [-0.25, -0.2) is 13.8 Å². The number of halogens is 4. The van der Waals surface area contributed by atoms with Crippen LogP contribution in [0.1, 0.15) is 5.82 Å². The number of fused-ring (bicyclic) bond motifs is 1. The van der Waals surface area contributed by atoms with Crippen molar-refractivity contribution < 1.29 is 8.78 Å². The van der Waals surface area contributed by atoms with Gasteiger partial charge in [-0.2, -0.15) is 0 Å². The van der Waals surface area contributed by atoms with E-state index in [4.69, 9.17) is 23.2 Å². The molecule has 0 atom stereocenters. The molecule has 0 radical (unpaired) electrons. The average Bonchev–Trinajstić information content (AvgIpc) is 2.77. The number of hydrogen-bond acceptors (Lipinski definition) is 1. The highest BCUT2D eigenvalue weighted by Crippen LogP contribution is 2.28. The molecular weight excluding hydrogens is 317 g/mol. The highest BCUT2D eigenvalue weighted by Gasteiger charge is 2.15. The van der Waals surface area contributed by atoms with Crippen LogP contribution in [0.15, 0.2) is 36.4 Å². The predicted molar refractivity (Wildman–Crippen MR) is 80.4 cm³/mol. The largest absolute Gasteiger partial charge is 0.295 e. The molecule has 3 aromatic rings. The third kappa shape index (κ3) is 2.61. The lowest BCUT2D eigenvalue weighted by Crippen LogP contribution is -2.03. The smallest absolute Gasteiger partial charge is 0.128 e. The second kappa shape index (κ2) is 5.62. The van der Waals surface area contributed by atoms with Crippen LogP contribution in [0.25, 0.3) is 16.7 Å². The molecule has 2 aromatic carbocycles. The Morgan fingerprint density at radius 1 is 1.10 bits per heavy atom. The number of alkyl halides is 1. The normalized spacial score (nSPS) is 11.2. The Morgan fingerprint density at radius 3 is 2.48 bits per heavy atom. The molecule has 0 aliphatic rings. The van der Waals surface area contributed by atoms with Crippen molar-refractivity contribution in [3.05, 3.63) is 58.9 Å². The summed E-state index contributed by atoms with van der Waals surface area (Å²) in [5.41, 5.74) is 1.61. The number of nitrogens with zero attached hydrogens (tertiary/aromatic N) is 2. The molecule has 0 saturated carbocycles. The summed E-state index contributed by atoms with van der Waals surface area (Å²) in [7, 11) is 0. The van der Waals surface area contributed by atoms with Crippen LogP contribution in [0.2, 0.25) is 5.02 Å². The highest BCUT2D eigenvalue weighted by molar-refractivity contribution is 6.35. The van der Waals surface area contributed by atoms with Crippen molar-refractivity contribution in [1.82, 2.24) is 9.55 Å². The first kappa shape index (κ1) is 14.3. The Labute approximate surface area is 129 Å². The molecule has 0 aliphatic carbocycles. The van der Waals surface area contributed by atoms with Gasteiger partial charge < -0.3 is 0 Å². The van der Waals surface area contributed by atoms with Crippen molar-refractivity contribution in [2.45, 2.75) is 6.42 Å². The minimum Gasteiger partial charge on any atom is -0.295 e. The Kier molecular flexibility index (Phi) is 3.83. The zero-order chi connectivity index (χ0) is 15.0. The fraction of sp³-hybridized carbons (Fsp3) is 0.133. The van der Waals surface area contributed by atoms with Crippen molar-refractivity contribution in [2.75, 3.05) is 5.88 Å². The molecule has 0 amide bonds. The second-order valence-corrected chi connectivity index (χ2v) is 5.32. The lowest BCUT2D eigenvalue weighted by molar-refractivity contribution is 0.581. The fourth-order valence-corrected chi connectivity index (χ4v) is 2.76. The Morgan fingerprint density at radius 2 is 1.81 bits per heavy atom. The molecule has 21 heavy (non-hydrogen) atoms. The van der Waals surface area contributed by atoms with Crippen molar-refractivity contribution in [1.29, 1.82) is 0 Å². The first-order valence-electron chi connectivity index (χ1n) is 6.28. The van der Waals surface area contributed by atoms with Crippen LogP contribution in [-0.2, 0) is 6.42 Å². The fourth-order valence-electron chi connectivity index (χ4n) is 2.33. The number of aromatic nitrogens is 2. The summed E-state index contributed by atoms with van der Waals surface area (Å²) in [5, 5.41) is 0.463. The summed E-state index contributed by atoms with van der Waals surface area (Å²) >= 11 is 12.0. The Bertz CT molecular complexity index is 795. The van der Waals surface area contributed by atoms with Crippen molar-refractivity contribution in [2.24, 2.45) is 0 Å². The van der Waals surface area contributed by atoms with E-state index in [1.807, 2.05) is 0 Å². The van der Waals surface area contributed by atoms with Gasteiger partial charge in [0.25, 0.3) is 0 Å². The molecule has 6 heteroatoms. The highest BCUT2D eigenvalue weighted by atomic mass is 35.5. The number of aryl methyl sites for hydroxylation is 1. The Hall–Kier alpha value is -1.65. The van der Waals surface area contributed by atoms with E-state index < -0.39 is 11.6 Å². The summed E-state index contributed by atoms with van der Waals surface area (Å²) in [6.07, 6.45) is 0.463. The molecule has 1 aromatic heterocycles. The minimum absolute atomic E-state index is 0.336. The minimum atomic E-state index is -0.657. The molecule has 0 N–H and O–H groups in total. The monoisotopic (exact) mass is 326 g/mol. The average molecular weight is 327 g/mol. The SMILES string of the molecule is Fc1cc(F)cc(-n2c(CCCl)nc3cccc(Cl)c32)c1. The van der Waals surface area contributed by atoms with Crippen molar-refractivity contribution >= 4 is 34.2 Å². The van der Waals surface area contributed by atoms with Gasteiger partial charge in [0, 0.05) is 18.4 Å².